The summed E-state index contributed by atoms with van der Waals surface area (Å²) >= 11 is 1.42. The van der Waals surface area contributed by atoms with E-state index in [1.165, 1.54) is 18.4 Å². The molecule has 0 spiro atoms. The van der Waals surface area contributed by atoms with Gasteiger partial charge in [-0.15, -0.1) is 11.3 Å². The molecule has 0 bridgehead atoms. The molecule has 2 amide bonds. The normalized spacial score (nSPS) is 16.2. The zero-order valence-electron chi connectivity index (χ0n) is 11.0. The van der Waals surface area contributed by atoms with Crippen LogP contribution in [0.2, 0.25) is 0 Å². The molecule has 1 saturated heterocycles. The standard InChI is InChI=1S/C12H17N3O3S/c1-8-7-19-11(13-8)14-10(16)9-3-5-15(6-4-9)12(17)18-2/h7,9H,3-6H2,1-2H3,(H,13,14,16). The Bertz CT molecular complexity index is 467. The highest BCUT2D eigenvalue weighted by molar-refractivity contribution is 7.13. The summed E-state index contributed by atoms with van der Waals surface area (Å²) in [5.41, 5.74) is 0.904. The number of nitrogens with one attached hydrogen (secondary N) is 1. The number of hydrogen-bond acceptors (Lipinski definition) is 5. The van der Waals surface area contributed by atoms with Crippen LogP contribution in [-0.4, -0.2) is 42.1 Å². The highest BCUT2D eigenvalue weighted by Crippen LogP contribution is 2.21. The summed E-state index contributed by atoms with van der Waals surface area (Å²) in [7, 11) is 1.37. The number of anilines is 1. The first-order valence-corrected chi connectivity index (χ1v) is 7.04. The summed E-state index contributed by atoms with van der Waals surface area (Å²) in [6.07, 6.45) is 0.991. The minimum absolute atomic E-state index is 0.0149. The van der Waals surface area contributed by atoms with E-state index in [1.807, 2.05) is 12.3 Å². The summed E-state index contributed by atoms with van der Waals surface area (Å²) in [5, 5.41) is 5.36. The number of aromatic nitrogens is 1. The van der Waals surface area contributed by atoms with Crippen molar-refractivity contribution in [1.29, 1.82) is 0 Å². The molecule has 7 heteroatoms. The van der Waals surface area contributed by atoms with E-state index in [0.29, 0.717) is 31.1 Å². The number of methoxy groups -OCH3 is 1. The highest BCUT2D eigenvalue weighted by atomic mass is 32.1. The molecular weight excluding hydrogens is 266 g/mol. The van der Waals surface area contributed by atoms with E-state index in [-0.39, 0.29) is 17.9 Å². The van der Waals surface area contributed by atoms with Crippen molar-refractivity contribution in [2.45, 2.75) is 19.8 Å². The average molecular weight is 283 g/mol. The number of likely N-dealkylation sites (tertiary alicyclic amines) is 1. The fraction of sp³-hybridized carbons (Fsp3) is 0.583. The van der Waals surface area contributed by atoms with Crippen molar-refractivity contribution in [3.8, 4) is 0 Å². The summed E-state index contributed by atoms with van der Waals surface area (Å²) in [6, 6.07) is 0. The topological polar surface area (TPSA) is 71.5 Å². The van der Waals surface area contributed by atoms with Gasteiger partial charge >= 0.3 is 6.09 Å². The van der Waals surface area contributed by atoms with E-state index in [4.69, 9.17) is 0 Å². The summed E-state index contributed by atoms with van der Waals surface area (Å²) in [6.45, 7) is 3.00. The van der Waals surface area contributed by atoms with Crippen molar-refractivity contribution in [2.75, 3.05) is 25.5 Å². The van der Waals surface area contributed by atoms with Crippen LogP contribution in [0.1, 0.15) is 18.5 Å². The van der Waals surface area contributed by atoms with Crippen LogP contribution in [0.5, 0.6) is 0 Å². The molecule has 1 aliphatic rings. The van der Waals surface area contributed by atoms with Crippen LogP contribution in [-0.2, 0) is 9.53 Å². The first-order valence-electron chi connectivity index (χ1n) is 6.16. The molecule has 0 atom stereocenters. The lowest BCUT2D eigenvalue weighted by Crippen LogP contribution is -2.41. The first kappa shape index (κ1) is 13.8. The Hall–Kier alpha value is -1.63. The van der Waals surface area contributed by atoms with Gasteiger partial charge in [-0.1, -0.05) is 0 Å². The molecule has 1 N–H and O–H groups in total. The Labute approximate surface area is 115 Å². The smallest absolute Gasteiger partial charge is 0.409 e. The maximum absolute atomic E-state index is 12.0. The van der Waals surface area contributed by atoms with Crippen LogP contribution in [0.4, 0.5) is 9.93 Å². The Morgan fingerprint density at radius 2 is 2.16 bits per heavy atom. The van der Waals surface area contributed by atoms with Gasteiger partial charge in [0, 0.05) is 24.4 Å². The fourth-order valence-electron chi connectivity index (χ4n) is 2.07. The maximum Gasteiger partial charge on any atom is 0.409 e. The number of piperidine rings is 1. The van der Waals surface area contributed by atoms with E-state index >= 15 is 0 Å². The van der Waals surface area contributed by atoms with Crippen LogP contribution < -0.4 is 5.32 Å². The molecule has 0 unspecified atom stereocenters. The molecule has 1 aromatic rings. The van der Waals surface area contributed by atoms with Gasteiger partial charge in [-0.2, -0.15) is 0 Å². The second kappa shape index (κ2) is 6.01. The number of aryl methyl sites for hydroxylation is 1. The van der Waals surface area contributed by atoms with Crippen molar-refractivity contribution in [3.05, 3.63) is 11.1 Å². The molecule has 1 aromatic heterocycles. The minimum Gasteiger partial charge on any atom is -0.453 e. The van der Waals surface area contributed by atoms with Gasteiger partial charge in [0.1, 0.15) is 0 Å². The zero-order chi connectivity index (χ0) is 13.8. The van der Waals surface area contributed by atoms with Gasteiger partial charge in [-0.25, -0.2) is 9.78 Å². The van der Waals surface area contributed by atoms with E-state index in [2.05, 4.69) is 15.0 Å². The number of nitrogens with zero attached hydrogens (tertiary/aromatic N) is 2. The maximum atomic E-state index is 12.0. The quantitative estimate of drug-likeness (QED) is 0.899. The zero-order valence-corrected chi connectivity index (χ0v) is 11.8. The lowest BCUT2D eigenvalue weighted by atomic mass is 9.96. The second-order valence-corrected chi connectivity index (χ2v) is 5.37. The molecule has 0 aromatic carbocycles. The Balaban J connectivity index is 1.84. The summed E-state index contributed by atoms with van der Waals surface area (Å²) < 4.78 is 4.66. The van der Waals surface area contributed by atoms with Crippen LogP contribution in [0.15, 0.2) is 5.38 Å². The fourth-order valence-corrected chi connectivity index (χ4v) is 2.76. The number of rotatable bonds is 2. The van der Waals surface area contributed by atoms with Crippen molar-refractivity contribution in [2.24, 2.45) is 5.92 Å². The number of hydrogen-bond donors (Lipinski definition) is 1. The molecule has 1 aliphatic heterocycles. The predicted molar refractivity (Wildman–Crippen MR) is 72.2 cm³/mol. The van der Waals surface area contributed by atoms with E-state index in [1.54, 1.807) is 4.90 Å². The molecule has 0 saturated carbocycles. The largest absolute Gasteiger partial charge is 0.453 e. The van der Waals surface area contributed by atoms with Crippen molar-refractivity contribution < 1.29 is 14.3 Å². The van der Waals surface area contributed by atoms with Gasteiger partial charge in [-0.05, 0) is 19.8 Å². The van der Waals surface area contributed by atoms with Crippen molar-refractivity contribution >= 4 is 28.5 Å². The Kier molecular flexibility index (Phi) is 4.36. The first-order chi connectivity index (χ1) is 9.10. The lowest BCUT2D eigenvalue weighted by Gasteiger charge is -2.29. The summed E-state index contributed by atoms with van der Waals surface area (Å²) in [4.78, 5) is 29.2. The Morgan fingerprint density at radius 3 is 2.68 bits per heavy atom. The molecule has 1 fully saturated rings. The van der Waals surface area contributed by atoms with Gasteiger partial charge in [0.2, 0.25) is 5.91 Å². The van der Waals surface area contributed by atoms with Gasteiger partial charge in [-0.3, -0.25) is 4.79 Å². The lowest BCUT2D eigenvalue weighted by molar-refractivity contribution is -0.121. The third kappa shape index (κ3) is 3.44. The monoisotopic (exact) mass is 283 g/mol. The molecule has 0 aliphatic carbocycles. The number of carbonyl (C=O) groups excluding carboxylic acids is 2. The van der Waals surface area contributed by atoms with Gasteiger partial charge in [0.15, 0.2) is 5.13 Å². The second-order valence-electron chi connectivity index (χ2n) is 4.51. The number of amides is 2. The molecule has 19 heavy (non-hydrogen) atoms. The van der Waals surface area contributed by atoms with Gasteiger partial charge in [0.05, 0.1) is 12.8 Å². The number of ether oxygens (including phenoxy) is 1. The SMILES string of the molecule is COC(=O)N1CCC(C(=O)Nc2nc(C)cs2)CC1. The molecule has 0 radical (unpaired) electrons. The van der Waals surface area contributed by atoms with Crippen LogP contribution >= 0.6 is 11.3 Å². The number of thiazole rings is 1. The molecule has 2 heterocycles. The minimum atomic E-state index is -0.325. The third-order valence-electron chi connectivity index (χ3n) is 3.15. The van der Waals surface area contributed by atoms with E-state index < -0.39 is 0 Å². The third-order valence-corrected chi connectivity index (χ3v) is 4.02. The van der Waals surface area contributed by atoms with Crippen molar-refractivity contribution in [1.82, 2.24) is 9.88 Å². The number of carbonyl (C=O) groups is 2. The van der Waals surface area contributed by atoms with E-state index in [9.17, 15) is 9.59 Å². The van der Waals surface area contributed by atoms with Gasteiger partial charge in [0.25, 0.3) is 0 Å². The Morgan fingerprint density at radius 1 is 1.47 bits per heavy atom. The summed E-state index contributed by atoms with van der Waals surface area (Å²) in [5.74, 6) is -0.0796. The van der Waals surface area contributed by atoms with Crippen molar-refractivity contribution in [3.63, 3.8) is 0 Å². The highest BCUT2D eigenvalue weighted by Gasteiger charge is 2.28. The molecular formula is C12H17N3O3S. The van der Waals surface area contributed by atoms with Crippen LogP contribution in [0, 0.1) is 12.8 Å². The molecule has 2 rings (SSSR count). The van der Waals surface area contributed by atoms with Crippen LogP contribution in [0.3, 0.4) is 0 Å². The average Bonchev–Trinajstić information content (AvgIpc) is 2.83. The predicted octanol–water partition coefficient (Wildman–Crippen LogP) is 1.87. The molecule has 6 nitrogen and oxygen atoms in total. The van der Waals surface area contributed by atoms with Crippen LogP contribution in [0.25, 0.3) is 0 Å². The molecule has 104 valence electrons. The van der Waals surface area contributed by atoms with E-state index in [0.717, 1.165) is 5.69 Å². The van der Waals surface area contributed by atoms with Gasteiger partial charge < -0.3 is 15.0 Å².